The van der Waals surface area contributed by atoms with Gasteiger partial charge in [0.2, 0.25) is 0 Å². The fourth-order valence-corrected chi connectivity index (χ4v) is 1.03. The van der Waals surface area contributed by atoms with Crippen LogP contribution in [0.2, 0.25) is 0 Å². The Bertz CT molecular complexity index is 338. The Balaban J connectivity index is 2.43. The van der Waals surface area contributed by atoms with Gasteiger partial charge in [-0.25, -0.2) is 4.98 Å². The van der Waals surface area contributed by atoms with Crippen molar-refractivity contribution in [1.29, 1.82) is 0 Å². The fraction of sp³-hybridized carbons (Fsp3) is 0.600. The van der Waals surface area contributed by atoms with Crippen molar-refractivity contribution in [2.24, 2.45) is 5.41 Å². The minimum atomic E-state index is -0.127. The van der Waals surface area contributed by atoms with Crippen LogP contribution in [0.3, 0.4) is 0 Å². The Labute approximate surface area is 83.8 Å². The molecular formula is C10H17N3O. The number of anilines is 1. The van der Waals surface area contributed by atoms with E-state index in [9.17, 15) is 4.79 Å². The standard InChI is InChI=1S/C10H17N3O/c1-10(2,3)4-5-11-8-6-9(14)13-7-12-8/h6-7H,4-5H2,1-3H3,(H2,11,12,13,14). The zero-order chi connectivity index (χ0) is 10.6. The summed E-state index contributed by atoms with van der Waals surface area (Å²) in [5.41, 5.74) is 0.173. The van der Waals surface area contributed by atoms with Crippen molar-refractivity contribution in [3.05, 3.63) is 22.7 Å². The lowest BCUT2D eigenvalue weighted by molar-refractivity contribution is 0.389. The number of hydrogen-bond donors (Lipinski definition) is 2. The maximum atomic E-state index is 10.9. The average molecular weight is 195 g/mol. The van der Waals surface area contributed by atoms with Crippen molar-refractivity contribution in [1.82, 2.24) is 9.97 Å². The van der Waals surface area contributed by atoms with Crippen LogP contribution >= 0.6 is 0 Å². The molecule has 1 aromatic rings. The molecule has 0 fully saturated rings. The first-order chi connectivity index (χ1) is 6.47. The highest BCUT2D eigenvalue weighted by atomic mass is 16.1. The van der Waals surface area contributed by atoms with Crippen molar-refractivity contribution in [3.8, 4) is 0 Å². The minimum Gasteiger partial charge on any atom is -0.370 e. The van der Waals surface area contributed by atoms with Crippen LogP contribution in [0.1, 0.15) is 27.2 Å². The third kappa shape index (κ3) is 4.07. The summed E-state index contributed by atoms with van der Waals surface area (Å²) < 4.78 is 0. The van der Waals surface area contributed by atoms with E-state index in [1.54, 1.807) is 0 Å². The minimum absolute atomic E-state index is 0.127. The molecule has 1 heterocycles. The lowest BCUT2D eigenvalue weighted by Gasteiger charge is -2.17. The van der Waals surface area contributed by atoms with Crippen molar-refractivity contribution < 1.29 is 0 Å². The van der Waals surface area contributed by atoms with E-state index in [2.05, 4.69) is 36.1 Å². The van der Waals surface area contributed by atoms with Crippen LogP contribution in [0.15, 0.2) is 17.2 Å². The number of H-pyrrole nitrogens is 1. The first-order valence-corrected chi connectivity index (χ1v) is 4.76. The zero-order valence-electron chi connectivity index (χ0n) is 8.92. The van der Waals surface area contributed by atoms with Gasteiger partial charge in [0.15, 0.2) is 0 Å². The van der Waals surface area contributed by atoms with Crippen LogP contribution in [0.25, 0.3) is 0 Å². The Morgan fingerprint density at radius 2 is 2.21 bits per heavy atom. The summed E-state index contributed by atoms with van der Waals surface area (Å²) in [5.74, 6) is 0.637. The molecule has 1 rings (SSSR count). The van der Waals surface area contributed by atoms with Gasteiger partial charge in [-0.2, -0.15) is 0 Å². The van der Waals surface area contributed by atoms with Crippen molar-refractivity contribution in [2.45, 2.75) is 27.2 Å². The maximum absolute atomic E-state index is 10.9. The van der Waals surface area contributed by atoms with E-state index >= 15 is 0 Å². The van der Waals surface area contributed by atoms with Gasteiger partial charge in [0, 0.05) is 12.6 Å². The molecule has 2 N–H and O–H groups in total. The lowest BCUT2D eigenvalue weighted by atomic mass is 9.92. The van der Waals surface area contributed by atoms with Gasteiger partial charge in [0.05, 0.1) is 6.33 Å². The number of aromatic amines is 1. The Hall–Kier alpha value is -1.32. The van der Waals surface area contributed by atoms with Gasteiger partial charge in [0.25, 0.3) is 5.56 Å². The highest BCUT2D eigenvalue weighted by Crippen LogP contribution is 2.17. The summed E-state index contributed by atoms with van der Waals surface area (Å²) in [7, 11) is 0. The predicted molar refractivity (Wildman–Crippen MR) is 57.4 cm³/mol. The molecule has 0 bridgehead atoms. The van der Waals surface area contributed by atoms with Crippen LogP contribution in [0.4, 0.5) is 5.82 Å². The number of rotatable bonds is 3. The maximum Gasteiger partial charge on any atom is 0.252 e. The molecule has 0 aliphatic rings. The monoisotopic (exact) mass is 195 g/mol. The molecule has 0 atom stereocenters. The first kappa shape index (κ1) is 10.8. The topological polar surface area (TPSA) is 57.8 Å². The summed E-state index contributed by atoms with van der Waals surface area (Å²) in [4.78, 5) is 17.4. The molecule has 0 saturated heterocycles. The number of aromatic nitrogens is 2. The van der Waals surface area contributed by atoms with Gasteiger partial charge in [-0.1, -0.05) is 20.8 Å². The Morgan fingerprint density at radius 1 is 1.50 bits per heavy atom. The highest BCUT2D eigenvalue weighted by molar-refractivity contribution is 5.31. The summed E-state index contributed by atoms with van der Waals surface area (Å²) in [6, 6.07) is 1.46. The second-order valence-electron chi connectivity index (χ2n) is 4.53. The summed E-state index contributed by atoms with van der Waals surface area (Å²) in [5, 5.41) is 3.11. The van der Waals surface area contributed by atoms with Crippen molar-refractivity contribution >= 4 is 5.82 Å². The zero-order valence-corrected chi connectivity index (χ0v) is 8.92. The van der Waals surface area contributed by atoms with Gasteiger partial charge < -0.3 is 10.3 Å². The van der Waals surface area contributed by atoms with E-state index in [1.165, 1.54) is 12.4 Å². The lowest BCUT2D eigenvalue weighted by Crippen LogP contribution is -2.15. The third-order valence-electron chi connectivity index (χ3n) is 1.86. The number of nitrogens with zero attached hydrogens (tertiary/aromatic N) is 1. The number of nitrogens with one attached hydrogen (secondary N) is 2. The van der Waals surface area contributed by atoms with Crippen LogP contribution in [0.5, 0.6) is 0 Å². The van der Waals surface area contributed by atoms with E-state index in [4.69, 9.17) is 0 Å². The molecule has 0 radical (unpaired) electrons. The summed E-state index contributed by atoms with van der Waals surface area (Å²) in [6.07, 6.45) is 2.45. The van der Waals surface area contributed by atoms with Crippen molar-refractivity contribution in [3.63, 3.8) is 0 Å². The van der Waals surface area contributed by atoms with Gasteiger partial charge in [-0.15, -0.1) is 0 Å². The van der Waals surface area contributed by atoms with Crippen molar-refractivity contribution in [2.75, 3.05) is 11.9 Å². The Morgan fingerprint density at radius 3 is 2.79 bits per heavy atom. The second-order valence-corrected chi connectivity index (χ2v) is 4.53. The number of hydrogen-bond acceptors (Lipinski definition) is 3. The Kier molecular flexibility index (Phi) is 3.28. The largest absolute Gasteiger partial charge is 0.370 e. The predicted octanol–water partition coefficient (Wildman–Crippen LogP) is 1.62. The third-order valence-corrected chi connectivity index (χ3v) is 1.86. The second kappa shape index (κ2) is 4.26. The summed E-state index contributed by atoms with van der Waals surface area (Å²) in [6.45, 7) is 7.37. The van der Waals surface area contributed by atoms with E-state index in [-0.39, 0.29) is 5.56 Å². The highest BCUT2D eigenvalue weighted by Gasteiger charge is 2.08. The smallest absolute Gasteiger partial charge is 0.252 e. The van der Waals surface area contributed by atoms with E-state index in [0.717, 1.165) is 13.0 Å². The molecule has 0 unspecified atom stereocenters. The molecule has 1 aromatic heterocycles. The molecule has 14 heavy (non-hydrogen) atoms. The molecule has 78 valence electrons. The van der Waals surface area contributed by atoms with Gasteiger partial charge in [0.1, 0.15) is 5.82 Å². The molecule has 0 aromatic carbocycles. The molecule has 0 aliphatic heterocycles. The van der Waals surface area contributed by atoms with E-state index in [0.29, 0.717) is 11.2 Å². The van der Waals surface area contributed by atoms with E-state index in [1.807, 2.05) is 0 Å². The molecule has 4 nitrogen and oxygen atoms in total. The molecule has 0 saturated carbocycles. The average Bonchev–Trinajstić information content (AvgIpc) is 2.01. The van der Waals surface area contributed by atoms with Crippen LogP contribution in [-0.4, -0.2) is 16.5 Å². The first-order valence-electron chi connectivity index (χ1n) is 4.76. The normalized spacial score (nSPS) is 11.4. The van der Waals surface area contributed by atoms with Crippen LogP contribution in [0, 0.1) is 5.41 Å². The molecule has 0 amide bonds. The van der Waals surface area contributed by atoms with Gasteiger partial charge in [-0.05, 0) is 11.8 Å². The van der Waals surface area contributed by atoms with Crippen LogP contribution in [-0.2, 0) is 0 Å². The quantitative estimate of drug-likeness (QED) is 0.770. The van der Waals surface area contributed by atoms with Gasteiger partial charge in [-0.3, -0.25) is 4.79 Å². The van der Waals surface area contributed by atoms with E-state index < -0.39 is 0 Å². The molecular weight excluding hydrogens is 178 g/mol. The molecule has 0 aliphatic carbocycles. The fourth-order valence-electron chi connectivity index (χ4n) is 1.03. The summed E-state index contributed by atoms with van der Waals surface area (Å²) >= 11 is 0. The molecule has 4 heteroatoms. The van der Waals surface area contributed by atoms with Crippen LogP contribution < -0.4 is 10.9 Å². The molecule has 0 spiro atoms. The van der Waals surface area contributed by atoms with Gasteiger partial charge >= 0.3 is 0 Å². The SMILES string of the molecule is CC(C)(C)CCNc1cc(=O)[nH]cn1.